The molecule has 0 fully saturated rings. The molecule has 74 valence electrons. The van der Waals surface area contributed by atoms with Crippen LogP contribution in [0.3, 0.4) is 0 Å². The Morgan fingerprint density at radius 3 is 2.36 bits per heavy atom. The number of hydrogen-bond donors (Lipinski definition) is 1. The van der Waals surface area contributed by atoms with Gasteiger partial charge in [0, 0.05) is 10.6 Å². The van der Waals surface area contributed by atoms with E-state index in [4.69, 9.17) is 11.6 Å². The molecule has 0 aromatic heterocycles. The number of carbonyl (C=O) groups excluding carboxylic acids is 2. The maximum absolute atomic E-state index is 11.4. The zero-order chi connectivity index (χ0) is 10.6. The van der Waals surface area contributed by atoms with Gasteiger partial charge in [0.2, 0.25) is 5.12 Å². The Balaban J connectivity index is 2.61. The van der Waals surface area contributed by atoms with Gasteiger partial charge < -0.3 is 0 Å². The molecule has 0 aliphatic carbocycles. The minimum atomic E-state index is -0.308. The number of benzene rings is 1. The summed E-state index contributed by atoms with van der Waals surface area (Å²) < 4.78 is 0. The highest BCUT2D eigenvalue weighted by atomic mass is 35.5. The predicted molar refractivity (Wildman–Crippen MR) is 62.2 cm³/mol. The Kier molecular flexibility index (Phi) is 4.51. The van der Waals surface area contributed by atoms with Crippen LogP contribution in [0.2, 0.25) is 5.02 Å². The highest BCUT2D eigenvalue weighted by Crippen LogP contribution is 2.15. The summed E-state index contributed by atoms with van der Waals surface area (Å²) in [7, 11) is 0. The van der Waals surface area contributed by atoms with E-state index in [1.807, 2.05) is 0 Å². The van der Waals surface area contributed by atoms with Gasteiger partial charge in [-0.3, -0.25) is 9.59 Å². The molecule has 0 aliphatic heterocycles. The summed E-state index contributed by atoms with van der Waals surface area (Å²) in [5, 5.41) is 0.123. The van der Waals surface area contributed by atoms with Crippen LogP contribution in [0.5, 0.6) is 0 Å². The lowest BCUT2D eigenvalue weighted by Crippen LogP contribution is -1.98. The van der Waals surface area contributed by atoms with Gasteiger partial charge in [-0.15, -0.1) is 12.6 Å². The number of carbonyl (C=O) groups is 2. The van der Waals surface area contributed by atoms with Crippen molar-refractivity contribution in [1.29, 1.82) is 0 Å². The standard InChI is InChI=1S/C9H7ClO2S2/c10-7-3-1-6(2-4-7)9(12)14-5-8(11)13/h1-4H,5H2,(H,11,13). The van der Waals surface area contributed by atoms with Gasteiger partial charge in [0.05, 0.1) is 5.75 Å². The molecule has 0 spiro atoms. The molecule has 0 unspecified atom stereocenters. The van der Waals surface area contributed by atoms with Crippen molar-refractivity contribution >= 4 is 46.2 Å². The van der Waals surface area contributed by atoms with Crippen LogP contribution in [0.25, 0.3) is 0 Å². The fourth-order valence-electron chi connectivity index (χ4n) is 0.797. The number of thiol groups is 1. The van der Waals surface area contributed by atoms with Gasteiger partial charge in [-0.05, 0) is 24.3 Å². The molecule has 5 heteroatoms. The monoisotopic (exact) mass is 246 g/mol. The van der Waals surface area contributed by atoms with E-state index in [-0.39, 0.29) is 16.0 Å². The Hall–Kier alpha value is -0.450. The van der Waals surface area contributed by atoms with Gasteiger partial charge >= 0.3 is 0 Å². The number of hydrogen-bond acceptors (Lipinski definition) is 3. The van der Waals surface area contributed by atoms with Crippen LogP contribution >= 0.6 is 36.0 Å². The van der Waals surface area contributed by atoms with Crippen molar-refractivity contribution < 1.29 is 9.59 Å². The number of rotatable bonds is 3. The van der Waals surface area contributed by atoms with Crippen LogP contribution in [0.15, 0.2) is 24.3 Å². The summed E-state index contributed by atoms with van der Waals surface area (Å²) in [6.07, 6.45) is 0. The highest BCUT2D eigenvalue weighted by Gasteiger charge is 2.07. The summed E-state index contributed by atoms with van der Waals surface area (Å²) in [6, 6.07) is 6.52. The third kappa shape index (κ3) is 3.74. The Morgan fingerprint density at radius 1 is 1.29 bits per heavy atom. The molecule has 0 radical (unpaired) electrons. The molecule has 0 heterocycles. The van der Waals surface area contributed by atoms with E-state index >= 15 is 0 Å². The third-order valence-electron chi connectivity index (χ3n) is 1.41. The molecule has 0 bridgehead atoms. The fraction of sp³-hybridized carbons (Fsp3) is 0.111. The second-order valence-electron chi connectivity index (χ2n) is 2.48. The average Bonchev–Trinajstić information content (AvgIpc) is 2.15. The first-order chi connectivity index (χ1) is 6.59. The van der Waals surface area contributed by atoms with Crippen LogP contribution in [0.1, 0.15) is 10.4 Å². The molecule has 0 N–H and O–H groups in total. The normalized spacial score (nSPS) is 9.86. The van der Waals surface area contributed by atoms with Crippen LogP contribution in [0, 0.1) is 0 Å². The van der Waals surface area contributed by atoms with E-state index in [1.165, 1.54) is 0 Å². The van der Waals surface area contributed by atoms with Gasteiger partial charge in [0.25, 0.3) is 0 Å². The van der Waals surface area contributed by atoms with Gasteiger partial charge in [-0.25, -0.2) is 0 Å². The zero-order valence-electron chi connectivity index (χ0n) is 7.07. The molecule has 0 saturated heterocycles. The van der Waals surface area contributed by atoms with Crippen molar-refractivity contribution in [2.24, 2.45) is 0 Å². The Labute approximate surface area is 96.4 Å². The number of halogens is 1. The van der Waals surface area contributed by atoms with Crippen LogP contribution in [0.4, 0.5) is 0 Å². The lowest BCUT2D eigenvalue weighted by Gasteiger charge is -1.98. The maximum atomic E-state index is 11.4. The molecule has 0 saturated carbocycles. The Morgan fingerprint density at radius 2 is 1.86 bits per heavy atom. The minimum absolute atomic E-state index is 0.0879. The molecular formula is C9H7ClO2S2. The van der Waals surface area contributed by atoms with Crippen molar-refractivity contribution in [3.63, 3.8) is 0 Å². The average molecular weight is 247 g/mol. The molecule has 1 aromatic rings. The summed E-state index contributed by atoms with van der Waals surface area (Å²) in [4.78, 5) is 21.9. The molecule has 2 nitrogen and oxygen atoms in total. The van der Waals surface area contributed by atoms with Gasteiger partial charge in [-0.1, -0.05) is 23.4 Å². The van der Waals surface area contributed by atoms with E-state index in [9.17, 15) is 9.59 Å². The van der Waals surface area contributed by atoms with Crippen molar-refractivity contribution in [3.8, 4) is 0 Å². The molecule has 0 amide bonds. The summed E-state index contributed by atoms with van der Waals surface area (Å²) in [5.74, 6) is 0.0879. The predicted octanol–water partition coefficient (Wildman–Crippen LogP) is 2.67. The highest BCUT2D eigenvalue weighted by molar-refractivity contribution is 8.16. The molecule has 14 heavy (non-hydrogen) atoms. The maximum Gasteiger partial charge on any atom is 0.219 e. The molecule has 1 aromatic carbocycles. The SMILES string of the molecule is O=C(S)CSC(=O)c1ccc(Cl)cc1. The van der Waals surface area contributed by atoms with E-state index < -0.39 is 0 Å². The minimum Gasteiger partial charge on any atom is -0.287 e. The quantitative estimate of drug-likeness (QED) is 0.833. The topological polar surface area (TPSA) is 34.1 Å². The van der Waals surface area contributed by atoms with E-state index in [1.54, 1.807) is 24.3 Å². The van der Waals surface area contributed by atoms with Crippen LogP contribution < -0.4 is 0 Å². The molecular weight excluding hydrogens is 240 g/mol. The Bertz CT molecular complexity index is 348. The van der Waals surface area contributed by atoms with Gasteiger partial charge in [-0.2, -0.15) is 0 Å². The zero-order valence-corrected chi connectivity index (χ0v) is 9.53. The lowest BCUT2D eigenvalue weighted by atomic mass is 10.2. The van der Waals surface area contributed by atoms with E-state index in [0.29, 0.717) is 10.6 Å². The molecule has 0 aliphatic rings. The van der Waals surface area contributed by atoms with Crippen molar-refractivity contribution in [3.05, 3.63) is 34.9 Å². The fourth-order valence-corrected chi connectivity index (χ4v) is 1.67. The molecule has 0 atom stereocenters. The lowest BCUT2D eigenvalue weighted by molar-refractivity contribution is -0.108. The number of thioether (sulfide) groups is 1. The smallest absolute Gasteiger partial charge is 0.219 e. The van der Waals surface area contributed by atoms with E-state index in [0.717, 1.165) is 11.8 Å². The summed E-state index contributed by atoms with van der Waals surface area (Å²) >= 11 is 10.2. The largest absolute Gasteiger partial charge is 0.287 e. The summed E-state index contributed by atoms with van der Waals surface area (Å²) in [6.45, 7) is 0. The van der Waals surface area contributed by atoms with Crippen molar-refractivity contribution in [2.75, 3.05) is 5.75 Å². The second-order valence-corrected chi connectivity index (χ2v) is 4.36. The first-order valence-electron chi connectivity index (χ1n) is 3.74. The third-order valence-corrected chi connectivity index (χ3v) is 2.94. The molecule has 1 rings (SSSR count). The summed E-state index contributed by atoms with van der Waals surface area (Å²) in [5.41, 5.74) is 0.536. The first-order valence-corrected chi connectivity index (χ1v) is 5.55. The van der Waals surface area contributed by atoms with Crippen molar-refractivity contribution in [2.45, 2.75) is 0 Å². The van der Waals surface area contributed by atoms with Gasteiger partial charge in [0.1, 0.15) is 0 Å². The van der Waals surface area contributed by atoms with Crippen molar-refractivity contribution in [1.82, 2.24) is 0 Å². The van der Waals surface area contributed by atoms with Crippen LogP contribution in [-0.2, 0) is 4.79 Å². The van der Waals surface area contributed by atoms with E-state index in [2.05, 4.69) is 12.6 Å². The second kappa shape index (κ2) is 5.44. The van der Waals surface area contributed by atoms with Gasteiger partial charge in [0.15, 0.2) is 5.12 Å². The first kappa shape index (κ1) is 11.6. The van der Waals surface area contributed by atoms with Crippen LogP contribution in [-0.4, -0.2) is 16.0 Å².